The number of para-hydroxylation sites is 1. The van der Waals surface area contributed by atoms with Crippen molar-refractivity contribution in [3.63, 3.8) is 0 Å². The van der Waals surface area contributed by atoms with Crippen LogP contribution in [0, 0.1) is 6.92 Å². The minimum atomic E-state index is -0.566. The van der Waals surface area contributed by atoms with Gasteiger partial charge in [-0.3, -0.25) is 4.79 Å². The molecule has 2 aromatic rings. The van der Waals surface area contributed by atoms with E-state index < -0.39 is 6.67 Å². The first kappa shape index (κ1) is 17.5. The Morgan fingerprint density at radius 1 is 1.21 bits per heavy atom. The summed E-state index contributed by atoms with van der Waals surface area (Å²) in [4.78, 5) is 12.0. The SMILES string of the molecule is COc1cc(/C=C/C(=O)Nc2ccccc2C)ccc1OCCF. The fourth-order valence-electron chi connectivity index (χ4n) is 2.12. The van der Waals surface area contributed by atoms with Crippen molar-refractivity contribution in [2.45, 2.75) is 6.92 Å². The van der Waals surface area contributed by atoms with Crippen LogP contribution in [0.3, 0.4) is 0 Å². The highest BCUT2D eigenvalue weighted by atomic mass is 19.1. The van der Waals surface area contributed by atoms with E-state index in [9.17, 15) is 9.18 Å². The van der Waals surface area contributed by atoms with Crippen LogP contribution in [0.4, 0.5) is 10.1 Å². The van der Waals surface area contributed by atoms with Crippen LogP contribution in [0.15, 0.2) is 48.5 Å². The van der Waals surface area contributed by atoms with Crippen molar-refractivity contribution >= 4 is 17.7 Å². The summed E-state index contributed by atoms with van der Waals surface area (Å²) in [5.74, 6) is 0.739. The van der Waals surface area contributed by atoms with Gasteiger partial charge in [-0.2, -0.15) is 0 Å². The Balaban J connectivity index is 2.05. The molecule has 0 aliphatic heterocycles. The molecule has 24 heavy (non-hydrogen) atoms. The number of alkyl halides is 1. The number of ether oxygens (including phenoxy) is 2. The van der Waals surface area contributed by atoms with Gasteiger partial charge in [0.05, 0.1) is 7.11 Å². The Morgan fingerprint density at radius 2 is 2.00 bits per heavy atom. The van der Waals surface area contributed by atoms with Crippen molar-refractivity contribution in [3.05, 3.63) is 59.7 Å². The Bertz CT molecular complexity index is 728. The molecule has 126 valence electrons. The van der Waals surface area contributed by atoms with E-state index in [0.29, 0.717) is 11.5 Å². The van der Waals surface area contributed by atoms with Crippen LogP contribution in [0.5, 0.6) is 11.5 Å². The second kappa shape index (κ2) is 8.72. The maximum atomic E-state index is 12.2. The van der Waals surface area contributed by atoms with Gasteiger partial charge in [-0.25, -0.2) is 4.39 Å². The lowest BCUT2D eigenvalue weighted by Crippen LogP contribution is -2.08. The minimum absolute atomic E-state index is 0.0234. The zero-order valence-corrected chi connectivity index (χ0v) is 13.7. The first-order valence-electron chi connectivity index (χ1n) is 7.55. The number of nitrogens with one attached hydrogen (secondary N) is 1. The van der Waals surface area contributed by atoms with E-state index >= 15 is 0 Å². The fourth-order valence-corrected chi connectivity index (χ4v) is 2.12. The monoisotopic (exact) mass is 329 g/mol. The molecule has 0 spiro atoms. The van der Waals surface area contributed by atoms with Crippen LogP contribution < -0.4 is 14.8 Å². The molecule has 4 nitrogen and oxygen atoms in total. The number of anilines is 1. The number of rotatable bonds is 7. The molecule has 0 aliphatic carbocycles. The van der Waals surface area contributed by atoms with Crippen molar-refractivity contribution in [2.75, 3.05) is 25.7 Å². The number of carbonyl (C=O) groups is 1. The normalized spacial score (nSPS) is 10.6. The maximum absolute atomic E-state index is 12.2. The van der Waals surface area contributed by atoms with Crippen molar-refractivity contribution in [3.8, 4) is 11.5 Å². The molecule has 0 aliphatic rings. The van der Waals surface area contributed by atoms with Gasteiger partial charge in [-0.1, -0.05) is 24.3 Å². The molecule has 0 atom stereocenters. The van der Waals surface area contributed by atoms with Crippen LogP contribution in [-0.4, -0.2) is 26.3 Å². The Hall–Kier alpha value is -2.82. The lowest BCUT2D eigenvalue weighted by atomic mass is 10.1. The molecule has 5 heteroatoms. The highest BCUT2D eigenvalue weighted by molar-refractivity contribution is 6.02. The standard InChI is InChI=1S/C19H20FNO3/c1-14-5-3-4-6-16(14)21-19(22)10-8-15-7-9-17(24-12-11-20)18(13-15)23-2/h3-10,13H,11-12H2,1-2H3,(H,21,22)/b10-8+. The number of benzene rings is 2. The molecular formula is C19H20FNO3. The lowest BCUT2D eigenvalue weighted by Gasteiger charge is -2.10. The third-order valence-electron chi connectivity index (χ3n) is 3.35. The van der Waals surface area contributed by atoms with E-state index in [1.54, 1.807) is 24.3 Å². The molecule has 0 bridgehead atoms. The Labute approximate surface area is 140 Å². The molecule has 0 saturated heterocycles. The molecule has 0 heterocycles. The summed E-state index contributed by atoms with van der Waals surface area (Å²) in [5, 5.41) is 2.82. The number of amides is 1. The first-order chi connectivity index (χ1) is 11.6. The van der Waals surface area contributed by atoms with Gasteiger partial charge in [0.1, 0.15) is 13.3 Å². The predicted octanol–water partition coefficient (Wildman–Crippen LogP) is 4.00. The van der Waals surface area contributed by atoms with Crippen LogP contribution in [0.1, 0.15) is 11.1 Å². The highest BCUT2D eigenvalue weighted by Gasteiger charge is 2.05. The minimum Gasteiger partial charge on any atom is -0.493 e. The average molecular weight is 329 g/mol. The molecule has 1 amide bonds. The molecule has 0 radical (unpaired) electrons. The van der Waals surface area contributed by atoms with Gasteiger partial charge in [-0.15, -0.1) is 0 Å². The van der Waals surface area contributed by atoms with Crippen LogP contribution >= 0.6 is 0 Å². The molecule has 0 aromatic heterocycles. The summed E-state index contributed by atoms with van der Waals surface area (Å²) in [7, 11) is 1.51. The highest BCUT2D eigenvalue weighted by Crippen LogP contribution is 2.28. The smallest absolute Gasteiger partial charge is 0.248 e. The molecule has 0 unspecified atom stereocenters. The maximum Gasteiger partial charge on any atom is 0.248 e. The fraction of sp³-hybridized carbons (Fsp3) is 0.211. The van der Waals surface area contributed by atoms with Gasteiger partial charge in [0.15, 0.2) is 11.5 Å². The predicted molar refractivity (Wildman–Crippen MR) is 93.3 cm³/mol. The Kier molecular flexibility index (Phi) is 6.37. The molecule has 2 aromatic carbocycles. The van der Waals surface area contributed by atoms with E-state index in [1.807, 2.05) is 31.2 Å². The van der Waals surface area contributed by atoms with Gasteiger partial charge in [-0.05, 0) is 42.3 Å². The third kappa shape index (κ3) is 4.84. The van der Waals surface area contributed by atoms with Gasteiger partial charge < -0.3 is 14.8 Å². The van der Waals surface area contributed by atoms with E-state index in [4.69, 9.17) is 9.47 Å². The van der Waals surface area contributed by atoms with Crippen LogP contribution in [0.25, 0.3) is 6.08 Å². The van der Waals surface area contributed by atoms with E-state index in [1.165, 1.54) is 13.2 Å². The number of hydrogen-bond donors (Lipinski definition) is 1. The van der Waals surface area contributed by atoms with E-state index in [0.717, 1.165) is 16.8 Å². The number of aryl methyl sites for hydroxylation is 1. The van der Waals surface area contributed by atoms with Crippen LogP contribution in [-0.2, 0) is 4.79 Å². The van der Waals surface area contributed by atoms with Gasteiger partial charge in [0.2, 0.25) is 5.91 Å². The number of carbonyl (C=O) groups excluding carboxylic acids is 1. The summed E-state index contributed by atoms with van der Waals surface area (Å²) in [6.07, 6.45) is 3.12. The third-order valence-corrected chi connectivity index (χ3v) is 3.35. The van der Waals surface area contributed by atoms with Crippen molar-refractivity contribution < 1.29 is 18.7 Å². The van der Waals surface area contributed by atoms with Gasteiger partial charge in [0.25, 0.3) is 0 Å². The van der Waals surface area contributed by atoms with Crippen molar-refractivity contribution in [2.24, 2.45) is 0 Å². The number of hydrogen-bond acceptors (Lipinski definition) is 3. The molecule has 0 fully saturated rings. The van der Waals surface area contributed by atoms with Crippen molar-refractivity contribution in [1.82, 2.24) is 0 Å². The summed E-state index contributed by atoms with van der Waals surface area (Å²) in [6.45, 7) is 1.34. The zero-order chi connectivity index (χ0) is 17.4. The zero-order valence-electron chi connectivity index (χ0n) is 13.7. The van der Waals surface area contributed by atoms with Gasteiger partial charge in [0, 0.05) is 11.8 Å². The van der Waals surface area contributed by atoms with E-state index in [-0.39, 0.29) is 12.5 Å². The molecule has 2 rings (SSSR count). The summed E-state index contributed by atoms with van der Waals surface area (Å²) < 4.78 is 22.7. The van der Waals surface area contributed by atoms with Crippen molar-refractivity contribution in [1.29, 1.82) is 0 Å². The largest absolute Gasteiger partial charge is 0.493 e. The van der Waals surface area contributed by atoms with Crippen LogP contribution in [0.2, 0.25) is 0 Å². The second-order valence-electron chi connectivity index (χ2n) is 5.09. The molecule has 1 N–H and O–H groups in total. The second-order valence-corrected chi connectivity index (χ2v) is 5.09. The number of methoxy groups -OCH3 is 1. The van der Waals surface area contributed by atoms with E-state index in [2.05, 4.69) is 5.32 Å². The summed E-state index contributed by atoms with van der Waals surface area (Å²) in [5.41, 5.74) is 2.55. The quantitative estimate of drug-likeness (QED) is 0.781. The first-order valence-corrected chi connectivity index (χ1v) is 7.55. The summed E-state index contributed by atoms with van der Waals surface area (Å²) in [6, 6.07) is 12.8. The topological polar surface area (TPSA) is 47.6 Å². The number of halogens is 1. The Morgan fingerprint density at radius 3 is 2.71 bits per heavy atom. The molecular weight excluding hydrogens is 309 g/mol. The van der Waals surface area contributed by atoms with Gasteiger partial charge >= 0.3 is 0 Å². The summed E-state index contributed by atoms with van der Waals surface area (Å²) >= 11 is 0. The average Bonchev–Trinajstić information content (AvgIpc) is 2.60. The lowest BCUT2D eigenvalue weighted by molar-refractivity contribution is -0.111. The molecule has 0 saturated carbocycles.